The van der Waals surface area contributed by atoms with Gasteiger partial charge in [-0.05, 0) is 44.9 Å². The minimum Gasteiger partial charge on any atom is -0.478 e. The Morgan fingerprint density at radius 1 is 0.710 bits per heavy atom. The van der Waals surface area contributed by atoms with Crippen LogP contribution in [-0.4, -0.2) is 29.8 Å². The highest BCUT2D eigenvalue weighted by atomic mass is 16.7. The second kappa shape index (κ2) is 21.6. The Kier molecular flexibility index (Phi) is 19.4. The molecule has 0 atom stereocenters. The summed E-state index contributed by atoms with van der Waals surface area (Å²) in [7, 11) is 0. The van der Waals surface area contributed by atoms with Gasteiger partial charge >= 0.3 is 17.9 Å². The van der Waals surface area contributed by atoms with Gasteiger partial charge in [-0.3, -0.25) is 4.79 Å². The third kappa shape index (κ3) is 23.0. The first-order chi connectivity index (χ1) is 15.1. The van der Waals surface area contributed by atoms with Crippen LogP contribution in [0, 0.1) is 0 Å². The maximum Gasteiger partial charge on any atom is 0.333 e. The first-order valence-corrected chi connectivity index (χ1v) is 10.5. The first-order valence-electron chi connectivity index (χ1n) is 10.5. The highest BCUT2D eigenvalue weighted by Crippen LogP contribution is 2.01. The van der Waals surface area contributed by atoms with Gasteiger partial charge in [0, 0.05) is 18.6 Å². The number of ether oxygens (including phenoxy) is 2. The van der Waals surface area contributed by atoms with Gasteiger partial charge in [-0.2, -0.15) is 0 Å². The lowest BCUT2D eigenvalue weighted by atomic mass is 10.2. The molecule has 0 unspecified atom stereocenters. The van der Waals surface area contributed by atoms with Crippen molar-refractivity contribution in [1.29, 1.82) is 0 Å². The molecule has 0 aromatic rings. The first kappa shape index (κ1) is 27.8. The van der Waals surface area contributed by atoms with Crippen LogP contribution in [-0.2, 0) is 23.9 Å². The minimum atomic E-state index is -1.26. The number of carbonyl (C=O) groups is 3. The van der Waals surface area contributed by atoms with E-state index in [0.717, 1.165) is 44.6 Å². The standard InChI is InChI=1S/C25H34O6/c1-2-3-4-5-6-7-8-9-10-11-12-13-14-15-16-17-18-19-24(28)30-22-31-25(29)21-20-23(26)27/h3-4,6-7,9-10,12-13,15-16,20-21H,2,5,8,11,14,17-19,22H2,1H3,(H,26,27)/b4-3-,7-6-,10-9-,13-12-,16-15-,21-20+. The number of rotatable bonds is 17. The van der Waals surface area contributed by atoms with Crippen molar-refractivity contribution in [2.24, 2.45) is 0 Å². The second-order valence-electron chi connectivity index (χ2n) is 6.37. The number of carbonyl (C=O) groups excluding carboxylic acids is 2. The molecule has 0 heterocycles. The number of hydrogen-bond donors (Lipinski definition) is 1. The van der Waals surface area contributed by atoms with Crippen molar-refractivity contribution in [3.63, 3.8) is 0 Å². The lowest BCUT2D eigenvalue weighted by Gasteiger charge is -2.03. The van der Waals surface area contributed by atoms with E-state index in [-0.39, 0.29) is 6.42 Å². The molecule has 0 spiro atoms. The summed E-state index contributed by atoms with van der Waals surface area (Å²) >= 11 is 0. The fourth-order valence-corrected chi connectivity index (χ4v) is 2.15. The molecule has 31 heavy (non-hydrogen) atoms. The van der Waals surface area contributed by atoms with Crippen molar-refractivity contribution in [2.75, 3.05) is 6.79 Å². The van der Waals surface area contributed by atoms with Gasteiger partial charge in [-0.25, -0.2) is 9.59 Å². The highest BCUT2D eigenvalue weighted by Gasteiger charge is 2.04. The molecule has 0 aromatic carbocycles. The Morgan fingerprint density at radius 3 is 1.74 bits per heavy atom. The molecule has 0 rings (SSSR count). The molecule has 0 aliphatic carbocycles. The van der Waals surface area contributed by atoms with Gasteiger partial charge in [-0.15, -0.1) is 0 Å². The Morgan fingerprint density at radius 2 is 1.23 bits per heavy atom. The van der Waals surface area contributed by atoms with Gasteiger partial charge in [-0.1, -0.05) is 67.7 Å². The lowest BCUT2D eigenvalue weighted by molar-refractivity contribution is -0.164. The quantitative estimate of drug-likeness (QED) is 0.106. The van der Waals surface area contributed by atoms with Crippen LogP contribution in [0.5, 0.6) is 0 Å². The van der Waals surface area contributed by atoms with E-state index < -0.39 is 24.7 Å². The van der Waals surface area contributed by atoms with E-state index in [1.807, 2.05) is 6.08 Å². The third-order valence-electron chi connectivity index (χ3n) is 3.69. The van der Waals surface area contributed by atoms with E-state index in [1.54, 1.807) is 0 Å². The lowest BCUT2D eigenvalue weighted by Crippen LogP contribution is -2.11. The normalized spacial score (nSPS) is 12.3. The molecular weight excluding hydrogens is 396 g/mol. The van der Waals surface area contributed by atoms with Crippen LogP contribution in [0.1, 0.15) is 58.3 Å². The number of carboxylic acid groups (broad SMARTS) is 1. The van der Waals surface area contributed by atoms with Crippen molar-refractivity contribution in [2.45, 2.75) is 58.3 Å². The summed E-state index contributed by atoms with van der Waals surface area (Å²) in [5, 5.41) is 8.36. The zero-order valence-corrected chi connectivity index (χ0v) is 18.3. The second-order valence-corrected chi connectivity index (χ2v) is 6.37. The van der Waals surface area contributed by atoms with E-state index in [2.05, 4.69) is 66.3 Å². The van der Waals surface area contributed by atoms with E-state index in [1.165, 1.54) is 0 Å². The van der Waals surface area contributed by atoms with Crippen molar-refractivity contribution < 1.29 is 29.0 Å². The largest absolute Gasteiger partial charge is 0.478 e. The van der Waals surface area contributed by atoms with E-state index >= 15 is 0 Å². The van der Waals surface area contributed by atoms with Crippen LogP contribution >= 0.6 is 0 Å². The van der Waals surface area contributed by atoms with Gasteiger partial charge in [0.2, 0.25) is 6.79 Å². The predicted octanol–water partition coefficient (Wildman–Crippen LogP) is 5.59. The van der Waals surface area contributed by atoms with Crippen LogP contribution in [0.2, 0.25) is 0 Å². The summed E-state index contributed by atoms with van der Waals surface area (Å²) in [5.41, 5.74) is 0. The van der Waals surface area contributed by atoms with Gasteiger partial charge < -0.3 is 14.6 Å². The fourth-order valence-electron chi connectivity index (χ4n) is 2.15. The SMILES string of the molecule is CC/C=C\C/C=C\C/C=C\C/C=C\C/C=C\CCCC(=O)OCOC(=O)/C=C/C(=O)O. The summed E-state index contributed by atoms with van der Waals surface area (Å²) in [6.45, 7) is 1.61. The maximum absolute atomic E-state index is 11.5. The molecule has 0 saturated heterocycles. The summed E-state index contributed by atoms with van der Waals surface area (Å²) in [6, 6.07) is 0. The van der Waals surface area contributed by atoms with Gasteiger partial charge in [0.15, 0.2) is 0 Å². The minimum absolute atomic E-state index is 0.219. The molecule has 0 amide bonds. The smallest absolute Gasteiger partial charge is 0.333 e. The molecular formula is C25H34O6. The monoisotopic (exact) mass is 430 g/mol. The average Bonchev–Trinajstić information content (AvgIpc) is 2.74. The summed E-state index contributed by atoms with van der Waals surface area (Å²) in [6.07, 6.45) is 29.1. The summed E-state index contributed by atoms with van der Waals surface area (Å²) < 4.78 is 9.27. The molecule has 0 radical (unpaired) electrons. The van der Waals surface area contributed by atoms with Crippen molar-refractivity contribution in [1.82, 2.24) is 0 Å². The van der Waals surface area contributed by atoms with Gasteiger partial charge in [0.1, 0.15) is 0 Å². The molecule has 0 saturated carbocycles. The van der Waals surface area contributed by atoms with E-state index in [4.69, 9.17) is 9.84 Å². The topological polar surface area (TPSA) is 89.9 Å². The van der Waals surface area contributed by atoms with Crippen LogP contribution in [0.15, 0.2) is 72.9 Å². The fraction of sp³-hybridized carbons (Fsp3) is 0.400. The Balaban J connectivity index is 3.62. The van der Waals surface area contributed by atoms with Crippen molar-refractivity contribution >= 4 is 17.9 Å². The van der Waals surface area contributed by atoms with E-state index in [0.29, 0.717) is 12.5 Å². The third-order valence-corrected chi connectivity index (χ3v) is 3.69. The molecule has 1 N–H and O–H groups in total. The van der Waals surface area contributed by atoms with Crippen molar-refractivity contribution in [3.8, 4) is 0 Å². The van der Waals surface area contributed by atoms with Crippen LogP contribution in [0.25, 0.3) is 0 Å². The number of carboxylic acids is 1. The molecule has 0 fully saturated rings. The van der Waals surface area contributed by atoms with Crippen LogP contribution in [0.3, 0.4) is 0 Å². The van der Waals surface area contributed by atoms with Crippen molar-refractivity contribution in [3.05, 3.63) is 72.9 Å². The molecule has 0 aliphatic heterocycles. The number of hydrogen-bond acceptors (Lipinski definition) is 5. The molecule has 0 bridgehead atoms. The number of esters is 2. The zero-order chi connectivity index (χ0) is 23.0. The Bertz CT molecular complexity index is 680. The zero-order valence-electron chi connectivity index (χ0n) is 18.3. The number of aliphatic carboxylic acids is 1. The molecule has 170 valence electrons. The number of allylic oxidation sites excluding steroid dienone is 10. The Labute approximate surface area is 185 Å². The maximum atomic E-state index is 11.5. The highest BCUT2D eigenvalue weighted by molar-refractivity contribution is 5.90. The molecule has 0 aromatic heterocycles. The average molecular weight is 431 g/mol. The molecule has 6 heteroatoms. The molecule has 6 nitrogen and oxygen atoms in total. The van der Waals surface area contributed by atoms with Crippen LogP contribution < -0.4 is 0 Å². The Hall–Kier alpha value is -3.15. The van der Waals surface area contributed by atoms with Gasteiger partial charge in [0.25, 0.3) is 0 Å². The van der Waals surface area contributed by atoms with E-state index in [9.17, 15) is 14.4 Å². The number of unbranched alkanes of at least 4 members (excludes halogenated alkanes) is 1. The van der Waals surface area contributed by atoms with Gasteiger partial charge in [0.05, 0.1) is 0 Å². The molecule has 0 aliphatic rings. The predicted molar refractivity (Wildman–Crippen MR) is 122 cm³/mol. The summed E-state index contributed by atoms with van der Waals surface area (Å²) in [4.78, 5) is 32.8. The summed E-state index contributed by atoms with van der Waals surface area (Å²) in [5.74, 6) is -2.61. The van der Waals surface area contributed by atoms with Crippen LogP contribution in [0.4, 0.5) is 0 Å².